The van der Waals surface area contributed by atoms with Crippen LogP contribution in [0.1, 0.15) is 25.7 Å². The number of halogens is 1. The predicted molar refractivity (Wildman–Crippen MR) is 150 cm³/mol. The fourth-order valence-electron chi connectivity index (χ4n) is 5.29. The van der Waals surface area contributed by atoms with Gasteiger partial charge in [0.2, 0.25) is 5.82 Å². The zero-order chi connectivity index (χ0) is 27.6. The number of para-hydroxylation sites is 2. The van der Waals surface area contributed by atoms with Crippen LogP contribution in [0, 0.1) is 15.9 Å². The number of nitro groups is 1. The molecule has 0 radical (unpaired) electrons. The van der Waals surface area contributed by atoms with Gasteiger partial charge in [0.25, 0.3) is 0 Å². The van der Waals surface area contributed by atoms with Crippen LogP contribution in [0.2, 0.25) is 0 Å². The average molecular weight is 539 g/mol. The third-order valence-corrected chi connectivity index (χ3v) is 7.32. The monoisotopic (exact) mass is 538 g/mol. The fraction of sp³-hybridized carbons (Fsp3) is 0.233. The van der Waals surface area contributed by atoms with E-state index in [1.807, 2.05) is 41.0 Å². The summed E-state index contributed by atoms with van der Waals surface area (Å²) in [5.41, 5.74) is 4.23. The van der Waals surface area contributed by atoms with Crippen molar-refractivity contribution in [2.75, 3.05) is 12.4 Å². The van der Waals surface area contributed by atoms with Gasteiger partial charge in [-0.1, -0.05) is 12.1 Å². The predicted octanol–water partition coefficient (Wildman–Crippen LogP) is 6.17. The molecule has 0 bridgehead atoms. The van der Waals surface area contributed by atoms with Crippen LogP contribution in [0.4, 0.5) is 21.6 Å². The molecule has 0 spiro atoms. The lowest BCUT2D eigenvalue weighted by molar-refractivity contribution is -0.384. The van der Waals surface area contributed by atoms with Crippen molar-refractivity contribution in [3.63, 3.8) is 0 Å². The number of anilines is 2. The number of benzene rings is 3. The Morgan fingerprint density at radius 1 is 1.05 bits per heavy atom. The first-order valence-electron chi connectivity index (χ1n) is 13.1. The summed E-state index contributed by atoms with van der Waals surface area (Å²) in [7, 11) is 1.73. The van der Waals surface area contributed by atoms with Gasteiger partial charge in [-0.2, -0.15) is 0 Å². The zero-order valence-electron chi connectivity index (χ0n) is 21.8. The zero-order valence-corrected chi connectivity index (χ0v) is 21.8. The van der Waals surface area contributed by atoms with Crippen molar-refractivity contribution in [1.29, 1.82) is 0 Å². The van der Waals surface area contributed by atoms with Gasteiger partial charge < -0.3 is 14.6 Å². The number of aromatic nitrogens is 3. The first kappa shape index (κ1) is 25.6. The molecule has 0 saturated heterocycles. The highest BCUT2D eigenvalue weighted by molar-refractivity contribution is 5.84. The summed E-state index contributed by atoms with van der Waals surface area (Å²) < 4.78 is 21.4. The second kappa shape index (κ2) is 10.8. The van der Waals surface area contributed by atoms with Crippen LogP contribution in [0.3, 0.4) is 0 Å². The van der Waals surface area contributed by atoms with Gasteiger partial charge in [-0.3, -0.25) is 15.1 Å². The molecule has 40 heavy (non-hydrogen) atoms. The highest BCUT2D eigenvalue weighted by atomic mass is 19.1. The normalized spacial score (nSPS) is 17.8. The van der Waals surface area contributed by atoms with Gasteiger partial charge in [-0.05, 0) is 80.3 Å². The lowest BCUT2D eigenvalue weighted by atomic mass is 9.93. The van der Waals surface area contributed by atoms with Gasteiger partial charge >= 0.3 is 5.69 Å². The van der Waals surface area contributed by atoms with E-state index in [0.29, 0.717) is 16.7 Å². The van der Waals surface area contributed by atoms with Gasteiger partial charge in [-0.15, -0.1) is 0 Å². The minimum atomic E-state index is -0.465. The van der Waals surface area contributed by atoms with Crippen molar-refractivity contribution in [2.24, 2.45) is 4.99 Å². The second-order valence-corrected chi connectivity index (χ2v) is 9.82. The molecule has 3 aliphatic rings. The number of methoxy groups -OCH3 is 1. The van der Waals surface area contributed by atoms with E-state index in [1.165, 1.54) is 30.5 Å². The number of nitrogens with zero attached hydrogens (tertiary/aromatic N) is 5. The summed E-state index contributed by atoms with van der Waals surface area (Å²) in [6, 6.07) is 20.8. The van der Waals surface area contributed by atoms with Crippen LogP contribution >= 0.6 is 0 Å². The van der Waals surface area contributed by atoms with Crippen LogP contribution in [0.15, 0.2) is 84.0 Å². The van der Waals surface area contributed by atoms with Crippen molar-refractivity contribution in [2.45, 2.75) is 37.8 Å². The summed E-state index contributed by atoms with van der Waals surface area (Å²) in [5, 5.41) is 15.5. The van der Waals surface area contributed by atoms with E-state index in [4.69, 9.17) is 14.7 Å². The standard InChI is InChI=1S/C30H27FN6O3/c1-40-22-14-10-20(11-15-22)33-25-18-29-26(17-24(25)35-30-28(37(38)39)7-4-16-32-30)34-23-5-2-3-6-27(23)36(29)21-12-8-19(31)9-13-21/h2-9,12-13,16-18,20,22H,10-11,14-15H2,1H3,(H,32,35). The third-order valence-electron chi connectivity index (χ3n) is 7.32. The SMILES string of the molecule is COC1CCC(N=c2cc3n(-c4ccc(F)cc4)c4ccccc4nc-3cc2Nc2ncccc2[N+](=O)[O-])CC1. The maximum Gasteiger partial charge on any atom is 0.311 e. The summed E-state index contributed by atoms with van der Waals surface area (Å²) in [4.78, 5) is 25.5. The molecule has 6 rings (SSSR count). The van der Waals surface area contributed by atoms with Crippen LogP contribution < -0.4 is 10.7 Å². The van der Waals surface area contributed by atoms with Crippen molar-refractivity contribution >= 4 is 28.2 Å². The molecule has 0 unspecified atom stereocenters. The minimum Gasteiger partial charge on any atom is -0.381 e. The van der Waals surface area contributed by atoms with Crippen molar-refractivity contribution in [3.05, 3.63) is 100 Å². The Morgan fingerprint density at radius 2 is 1.82 bits per heavy atom. The molecule has 1 N–H and O–H groups in total. The smallest absolute Gasteiger partial charge is 0.311 e. The summed E-state index contributed by atoms with van der Waals surface area (Å²) >= 11 is 0. The van der Waals surface area contributed by atoms with Gasteiger partial charge in [0, 0.05) is 25.1 Å². The molecule has 1 saturated carbocycles. The number of pyridine rings is 1. The van der Waals surface area contributed by atoms with Crippen LogP contribution in [-0.4, -0.2) is 38.7 Å². The van der Waals surface area contributed by atoms with E-state index in [0.717, 1.165) is 48.1 Å². The number of ether oxygens (including phenoxy) is 1. The summed E-state index contributed by atoms with van der Waals surface area (Å²) in [6.45, 7) is 0. The molecule has 1 aliphatic heterocycles. The Hall–Kier alpha value is -4.70. The summed E-state index contributed by atoms with van der Waals surface area (Å²) in [6.07, 6.45) is 5.30. The number of nitrogens with one attached hydrogen (secondary N) is 1. The molecule has 9 nitrogen and oxygen atoms in total. The molecular formula is C30H27FN6O3. The highest BCUT2D eigenvalue weighted by Gasteiger charge is 2.23. The molecule has 2 aliphatic carbocycles. The van der Waals surface area contributed by atoms with Crippen LogP contribution in [0.25, 0.3) is 28.1 Å². The van der Waals surface area contributed by atoms with E-state index in [9.17, 15) is 14.5 Å². The highest BCUT2D eigenvalue weighted by Crippen LogP contribution is 2.32. The number of rotatable bonds is 6. The fourth-order valence-corrected chi connectivity index (χ4v) is 5.29. The van der Waals surface area contributed by atoms with E-state index in [-0.39, 0.29) is 29.5 Å². The van der Waals surface area contributed by atoms with Crippen molar-refractivity contribution in [1.82, 2.24) is 14.5 Å². The van der Waals surface area contributed by atoms with E-state index in [1.54, 1.807) is 19.2 Å². The Balaban J connectivity index is 1.59. The van der Waals surface area contributed by atoms with Crippen LogP contribution in [-0.2, 0) is 4.74 Å². The molecule has 202 valence electrons. The molecule has 1 fully saturated rings. The Morgan fingerprint density at radius 3 is 2.58 bits per heavy atom. The Labute approximate surface area is 229 Å². The largest absolute Gasteiger partial charge is 0.381 e. The van der Waals surface area contributed by atoms with Crippen molar-refractivity contribution in [3.8, 4) is 17.1 Å². The molecule has 1 aromatic heterocycles. The molecule has 2 aromatic carbocycles. The first-order chi connectivity index (χ1) is 19.5. The van der Waals surface area contributed by atoms with E-state index >= 15 is 0 Å². The average Bonchev–Trinajstić information content (AvgIpc) is 2.97. The molecule has 0 atom stereocenters. The maximum absolute atomic E-state index is 13.8. The lowest BCUT2D eigenvalue weighted by Gasteiger charge is -2.25. The second-order valence-electron chi connectivity index (χ2n) is 9.82. The Bertz CT molecular complexity index is 1730. The maximum atomic E-state index is 13.8. The first-order valence-corrected chi connectivity index (χ1v) is 13.1. The lowest BCUT2D eigenvalue weighted by Crippen LogP contribution is -2.25. The van der Waals surface area contributed by atoms with Crippen molar-refractivity contribution < 1.29 is 14.1 Å². The van der Waals surface area contributed by atoms with E-state index < -0.39 is 4.92 Å². The third kappa shape index (κ3) is 5.01. The van der Waals surface area contributed by atoms with Gasteiger partial charge in [-0.25, -0.2) is 14.4 Å². The van der Waals surface area contributed by atoms with Gasteiger partial charge in [0.15, 0.2) is 0 Å². The molecule has 2 heterocycles. The Kier molecular flexibility index (Phi) is 6.91. The van der Waals surface area contributed by atoms with Gasteiger partial charge in [0.1, 0.15) is 5.82 Å². The molecule has 3 aromatic rings. The number of hydrogen-bond acceptors (Lipinski definition) is 7. The summed E-state index contributed by atoms with van der Waals surface area (Å²) in [5.74, 6) is -0.198. The topological polar surface area (TPSA) is 107 Å². The molecule has 10 heteroatoms. The van der Waals surface area contributed by atoms with E-state index in [2.05, 4.69) is 10.3 Å². The van der Waals surface area contributed by atoms with Gasteiger partial charge in [0.05, 0.1) is 50.5 Å². The minimum absolute atomic E-state index is 0.0656. The quantitative estimate of drug-likeness (QED) is 0.157. The number of fused-ring (bicyclic) bond motifs is 2. The molecule has 0 amide bonds. The van der Waals surface area contributed by atoms with Crippen LogP contribution in [0.5, 0.6) is 0 Å². The number of hydrogen-bond donors (Lipinski definition) is 1. The molecular weight excluding hydrogens is 511 g/mol.